The summed E-state index contributed by atoms with van der Waals surface area (Å²) in [5.41, 5.74) is 0.512. The number of methoxy groups -OCH3 is 1. The predicted octanol–water partition coefficient (Wildman–Crippen LogP) is -0.314. The maximum Gasteiger partial charge on any atom is 0.246 e. The molecule has 0 aliphatic carbocycles. The predicted molar refractivity (Wildman–Crippen MR) is 80.8 cm³/mol. The lowest BCUT2D eigenvalue weighted by Crippen LogP contribution is -2.36. The second-order valence-electron chi connectivity index (χ2n) is 4.39. The Bertz CT molecular complexity index is 613. The van der Waals surface area contributed by atoms with Gasteiger partial charge in [0.05, 0.1) is 4.90 Å². The van der Waals surface area contributed by atoms with Crippen molar-refractivity contribution in [3.05, 3.63) is 24.3 Å². The number of sulfonamides is 1. The van der Waals surface area contributed by atoms with E-state index in [1.165, 1.54) is 38.3 Å². The van der Waals surface area contributed by atoms with Gasteiger partial charge in [-0.1, -0.05) is 0 Å². The zero-order chi connectivity index (χ0) is 16.6. The van der Waals surface area contributed by atoms with Crippen LogP contribution in [0.2, 0.25) is 0 Å². The van der Waals surface area contributed by atoms with Crippen molar-refractivity contribution in [3.8, 4) is 0 Å². The van der Waals surface area contributed by atoms with Crippen LogP contribution in [0.25, 0.3) is 0 Å². The first kappa shape index (κ1) is 18.1. The van der Waals surface area contributed by atoms with Gasteiger partial charge in [0.2, 0.25) is 21.8 Å². The summed E-state index contributed by atoms with van der Waals surface area (Å²) in [6.45, 7) is 1.51. The van der Waals surface area contributed by atoms with Crippen molar-refractivity contribution in [1.82, 2.24) is 10.0 Å². The molecule has 22 heavy (non-hydrogen) atoms. The van der Waals surface area contributed by atoms with Gasteiger partial charge >= 0.3 is 0 Å². The second kappa shape index (κ2) is 8.47. The van der Waals surface area contributed by atoms with Crippen LogP contribution in [0.3, 0.4) is 0 Å². The molecule has 0 spiro atoms. The Morgan fingerprint density at radius 3 is 2.32 bits per heavy atom. The topological polar surface area (TPSA) is 114 Å². The molecule has 8 nitrogen and oxygen atoms in total. The van der Waals surface area contributed by atoms with Gasteiger partial charge in [-0.05, 0) is 24.3 Å². The van der Waals surface area contributed by atoms with Crippen LogP contribution in [0.1, 0.15) is 6.92 Å². The molecule has 0 aliphatic rings. The fourth-order valence-corrected chi connectivity index (χ4v) is 2.61. The Morgan fingerprint density at radius 2 is 1.77 bits per heavy atom. The van der Waals surface area contributed by atoms with Crippen LogP contribution in [0, 0.1) is 0 Å². The van der Waals surface area contributed by atoms with Crippen LogP contribution >= 0.6 is 0 Å². The number of hydrogen-bond acceptors (Lipinski definition) is 5. The van der Waals surface area contributed by atoms with Crippen LogP contribution in [0.15, 0.2) is 29.2 Å². The van der Waals surface area contributed by atoms with E-state index in [1.807, 2.05) is 0 Å². The first-order chi connectivity index (χ1) is 10.3. The second-order valence-corrected chi connectivity index (χ2v) is 6.15. The summed E-state index contributed by atoms with van der Waals surface area (Å²) < 4.78 is 31.0. The standard InChI is InChI=1S/C13H19N3O5S/c1-10(17)16-11-3-5-12(6-4-11)22(19,20)15-8-7-14-13(18)9-21-2/h3-6,15H,7-9H2,1-2H3,(H,14,18)(H,16,17). The lowest BCUT2D eigenvalue weighted by Gasteiger charge is -2.09. The Balaban J connectivity index is 2.52. The third-order valence-corrected chi connectivity index (χ3v) is 3.98. The minimum Gasteiger partial charge on any atom is -0.375 e. The minimum atomic E-state index is -3.66. The van der Waals surface area contributed by atoms with Gasteiger partial charge in [0.25, 0.3) is 0 Å². The summed E-state index contributed by atoms with van der Waals surface area (Å²) in [5.74, 6) is -0.554. The highest BCUT2D eigenvalue weighted by atomic mass is 32.2. The fourth-order valence-electron chi connectivity index (χ4n) is 1.57. The van der Waals surface area contributed by atoms with E-state index in [2.05, 4.69) is 20.1 Å². The zero-order valence-corrected chi connectivity index (χ0v) is 13.2. The van der Waals surface area contributed by atoms with Gasteiger partial charge in [-0.25, -0.2) is 13.1 Å². The van der Waals surface area contributed by atoms with Crippen LogP contribution in [-0.2, 0) is 24.3 Å². The third-order valence-electron chi connectivity index (χ3n) is 2.50. The SMILES string of the molecule is COCC(=O)NCCNS(=O)(=O)c1ccc(NC(C)=O)cc1. The van der Waals surface area contributed by atoms with E-state index in [4.69, 9.17) is 0 Å². The molecule has 0 heterocycles. The van der Waals surface area contributed by atoms with Crippen molar-refractivity contribution >= 4 is 27.5 Å². The normalized spacial score (nSPS) is 11.0. The smallest absolute Gasteiger partial charge is 0.246 e. The maximum atomic E-state index is 12.0. The van der Waals surface area contributed by atoms with Gasteiger partial charge in [-0.15, -0.1) is 0 Å². The highest BCUT2D eigenvalue weighted by Crippen LogP contribution is 2.13. The summed E-state index contributed by atoms with van der Waals surface area (Å²) in [5, 5.41) is 5.05. The molecule has 9 heteroatoms. The molecule has 1 aromatic carbocycles. The summed E-state index contributed by atoms with van der Waals surface area (Å²) in [6, 6.07) is 5.76. The molecule has 0 aromatic heterocycles. The van der Waals surface area contributed by atoms with Crippen molar-refractivity contribution in [3.63, 3.8) is 0 Å². The number of ether oxygens (including phenoxy) is 1. The third kappa shape index (κ3) is 6.20. The molecule has 3 N–H and O–H groups in total. The van der Waals surface area contributed by atoms with Crippen LogP contribution in [-0.4, -0.2) is 47.0 Å². The Labute approximate surface area is 129 Å². The molecule has 0 saturated carbocycles. The molecule has 1 aromatic rings. The number of hydrogen-bond donors (Lipinski definition) is 3. The van der Waals surface area contributed by atoms with Crippen molar-refractivity contribution in [2.45, 2.75) is 11.8 Å². The number of anilines is 1. The quantitative estimate of drug-likeness (QED) is 0.566. The molecule has 0 atom stereocenters. The summed E-state index contributed by atoms with van der Waals surface area (Å²) in [6.07, 6.45) is 0. The molecule has 0 radical (unpaired) electrons. The first-order valence-corrected chi connectivity index (χ1v) is 7.96. The molecule has 2 amide bonds. The van der Waals surface area contributed by atoms with Crippen LogP contribution < -0.4 is 15.4 Å². The molecule has 0 unspecified atom stereocenters. The van der Waals surface area contributed by atoms with Gasteiger partial charge in [-0.3, -0.25) is 9.59 Å². The molecule has 0 saturated heterocycles. The fraction of sp³-hybridized carbons (Fsp3) is 0.385. The van der Waals surface area contributed by atoms with Gasteiger partial charge < -0.3 is 15.4 Å². The van der Waals surface area contributed by atoms with E-state index < -0.39 is 10.0 Å². The number of rotatable bonds is 8. The minimum absolute atomic E-state index is 0.0607. The average molecular weight is 329 g/mol. The summed E-state index contributed by atoms with van der Waals surface area (Å²) >= 11 is 0. The van der Waals surface area contributed by atoms with Crippen molar-refractivity contribution in [2.24, 2.45) is 0 Å². The van der Waals surface area contributed by atoms with E-state index in [1.54, 1.807) is 0 Å². The van der Waals surface area contributed by atoms with Crippen LogP contribution in [0.5, 0.6) is 0 Å². The largest absolute Gasteiger partial charge is 0.375 e. The molecular formula is C13H19N3O5S. The van der Waals surface area contributed by atoms with E-state index in [-0.39, 0.29) is 36.4 Å². The summed E-state index contributed by atoms with van der Waals surface area (Å²) in [4.78, 5) is 22.1. The first-order valence-electron chi connectivity index (χ1n) is 6.48. The van der Waals surface area contributed by atoms with Crippen molar-refractivity contribution in [2.75, 3.05) is 32.1 Å². The van der Waals surface area contributed by atoms with Gasteiger partial charge in [0, 0.05) is 32.8 Å². The maximum absolute atomic E-state index is 12.0. The number of carbonyl (C=O) groups excluding carboxylic acids is 2. The molecule has 0 fully saturated rings. The van der Waals surface area contributed by atoms with E-state index in [9.17, 15) is 18.0 Å². The number of amides is 2. The molecule has 0 bridgehead atoms. The van der Waals surface area contributed by atoms with Crippen LogP contribution in [0.4, 0.5) is 5.69 Å². The molecule has 1 rings (SSSR count). The monoisotopic (exact) mass is 329 g/mol. The molecular weight excluding hydrogens is 310 g/mol. The summed E-state index contributed by atoms with van der Waals surface area (Å²) in [7, 11) is -2.27. The molecule has 122 valence electrons. The zero-order valence-electron chi connectivity index (χ0n) is 12.4. The average Bonchev–Trinajstić information content (AvgIpc) is 2.44. The van der Waals surface area contributed by atoms with E-state index in [0.29, 0.717) is 5.69 Å². The van der Waals surface area contributed by atoms with Gasteiger partial charge in [-0.2, -0.15) is 0 Å². The molecule has 0 aliphatic heterocycles. The van der Waals surface area contributed by atoms with Gasteiger partial charge in [0.15, 0.2) is 0 Å². The highest BCUT2D eigenvalue weighted by Gasteiger charge is 2.13. The Hall–Kier alpha value is -1.97. The Morgan fingerprint density at radius 1 is 1.14 bits per heavy atom. The van der Waals surface area contributed by atoms with E-state index >= 15 is 0 Å². The van der Waals surface area contributed by atoms with Gasteiger partial charge in [0.1, 0.15) is 6.61 Å². The lowest BCUT2D eigenvalue weighted by atomic mass is 10.3. The highest BCUT2D eigenvalue weighted by molar-refractivity contribution is 7.89. The van der Waals surface area contributed by atoms with E-state index in [0.717, 1.165) is 0 Å². The lowest BCUT2D eigenvalue weighted by molar-refractivity contribution is -0.124. The van der Waals surface area contributed by atoms with Crippen molar-refractivity contribution in [1.29, 1.82) is 0 Å². The number of benzene rings is 1. The Kier molecular flexibility index (Phi) is 6.96. The van der Waals surface area contributed by atoms with Crippen molar-refractivity contribution < 1.29 is 22.7 Å². The number of carbonyl (C=O) groups is 2. The number of nitrogens with one attached hydrogen (secondary N) is 3.